The topological polar surface area (TPSA) is 61.7 Å². The summed E-state index contributed by atoms with van der Waals surface area (Å²) in [7, 11) is 0. The lowest BCUT2D eigenvalue weighted by Crippen LogP contribution is -2.16. The molecule has 0 spiro atoms. The minimum Gasteiger partial charge on any atom is -0.507 e. The first-order chi connectivity index (χ1) is 9.06. The highest BCUT2D eigenvalue weighted by Crippen LogP contribution is 2.21. The number of aromatic hydroxyl groups is 1. The van der Waals surface area contributed by atoms with Crippen LogP contribution < -0.4 is 5.43 Å². The number of nitrogens with one attached hydrogen (secondary N) is 1. The number of amides is 1. The third-order valence-electron chi connectivity index (χ3n) is 2.16. The fourth-order valence-electron chi connectivity index (χ4n) is 1.28. The van der Waals surface area contributed by atoms with Gasteiger partial charge in [0.05, 0.1) is 15.4 Å². The molecule has 0 atom stereocenters. The van der Waals surface area contributed by atoms with Crippen LogP contribution in [0.15, 0.2) is 39.9 Å². The number of carbonyl (C=O) groups is 1. The van der Waals surface area contributed by atoms with Crippen LogP contribution in [0.25, 0.3) is 0 Å². The maximum Gasteiger partial charge on any atom is 0.281 e. The minimum atomic E-state index is -0.345. The van der Waals surface area contributed by atoms with E-state index in [0.29, 0.717) is 14.8 Å². The predicted molar refractivity (Wildman–Crippen MR) is 80.2 cm³/mol. The molecular formula is C12H8BrClN2O2S. The van der Waals surface area contributed by atoms with Crippen molar-refractivity contribution in [2.75, 3.05) is 0 Å². The Hall–Kier alpha value is -1.37. The number of rotatable bonds is 3. The number of nitrogens with zero attached hydrogens (tertiary/aromatic N) is 1. The van der Waals surface area contributed by atoms with Gasteiger partial charge < -0.3 is 5.11 Å². The summed E-state index contributed by atoms with van der Waals surface area (Å²) in [5.41, 5.74) is 2.86. The third kappa shape index (κ3) is 3.79. The standard InChI is InChI=1S/C12H8BrClN2O2S/c13-8-1-2-9(17)7(5-8)6-15-16-12(18)10-3-4-11(14)19-10/h1-6,17H,(H,16,18). The first-order valence-corrected chi connectivity index (χ1v) is 7.12. The molecule has 0 aliphatic heterocycles. The Labute approximate surface area is 126 Å². The zero-order chi connectivity index (χ0) is 13.8. The van der Waals surface area contributed by atoms with E-state index in [4.69, 9.17) is 11.6 Å². The molecule has 0 aliphatic rings. The highest BCUT2D eigenvalue weighted by Gasteiger charge is 2.07. The predicted octanol–water partition coefficient (Wildman–Crippen LogP) is 3.63. The summed E-state index contributed by atoms with van der Waals surface area (Å²) in [6.45, 7) is 0. The van der Waals surface area contributed by atoms with Crippen LogP contribution in [0.1, 0.15) is 15.2 Å². The van der Waals surface area contributed by atoms with Crippen LogP contribution in [0.4, 0.5) is 0 Å². The Kier molecular flexibility index (Phi) is 4.57. The largest absolute Gasteiger partial charge is 0.507 e. The van der Waals surface area contributed by atoms with E-state index in [-0.39, 0.29) is 11.7 Å². The fourth-order valence-corrected chi connectivity index (χ4v) is 2.59. The maximum atomic E-state index is 11.7. The lowest BCUT2D eigenvalue weighted by molar-refractivity contribution is 0.0959. The molecular weight excluding hydrogens is 352 g/mol. The normalized spacial score (nSPS) is 10.8. The number of hydrogen-bond acceptors (Lipinski definition) is 4. The van der Waals surface area contributed by atoms with Gasteiger partial charge in [-0.15, -0.1) is 11.3 Å². The summed E-state index contributed by atoms with van der Waals surface area (Å²) in [5, 5.41) is 13.4. The number of benzene rings is 1. The van der Waals surface area contributed by atoms with E-state index in [1.807, 2.05) is 0 Å². The number of thiophene rings is 1. The van der Waals surface area contributed by atoms with Crippen LogP contribution in [0.3, 0.4) is 0 Å². The molecule has 2 N–H and O–H groups in total. The summed E-state index contributed by atoms with van der Waals surface area (Å²) in [6, 6.07) is 8.19. The van der Waals surface area contributed by atoms with Crippen LogP contribution in [-0.4, -0.2) is 17.2 Å². The minimum absolute atomic E-state index is 0.0837. The summed E-state index contributed by atoms with van der Waals surface area (Å²) in [6.07, 6.45) is 1.37. The van der Waals surface area contributed by atoms with Gasteiger partial charge in [-0.1, -0.05) is 27.5 Å². The van der Waals surface area contributed by atoms with Gasteiger partial charge in [0.1, 0.15) is 5.75 Å². The smallest absolute Gasteiger partial charge is 0.281 e. The van der Waals surface area contributed by atoms with Crippen molar-refractivity contribution in [1.29, 1.82) is 0 Å². The molecule has 0 aliphatic carbocycles. The van der Waals surface area contributed by atoms with Gasteiger partial charge in [-0.05, 0) is 30.3 Å². The van der Waals surface area contributed by atoms with Gasteiger partial charge in [0.25, 0.3) is 5.91 Å². The lowest BCUT2D eigenvalue weighted by atomic mass is 10.2. The van der Waals surface area contributed by atoms with Gasteiger partial charge in [-0.25, -0.2) is 5.43 Å². The average molecular weight is 360 g/mol. The molecule has 2 rings (SSSR count). The van der Waals surface area contributed by atoms with Gasteiger partial charge in [0.2, 0.25) is 0 Å². The SMILES string of the molecule is O=C(NN=Cc1cc(Br)ccc1O)c1ccc(Cl)s1. The van der Waals surface area contributed by atoms with E-state index >= 15 is 0 Å². The van der Waals surface area contributed by atoms with Crippen molar-refractivity contribution >= 4 is 51.0 Å². The Bertz CT molecular complexity index is 642. The van der Waals surface area contributed by atoms with E-state index in [0.717, 1.165) is 4.47 Å². The first kappa shape index (κ1) is 14.0. The number of phenols is 1. The maximum absolute atomic E-state index is 11.7. The fraction of sp³-hybridized carbons (Fsp3) is 0. The van der Waals surface area contributed by atoms with Crippen LogP contribution >= 0.6 is 38.9 Å². The summed E-state index contributed by atoms with van der Waals surface area (Å²) in [5.74, 6) is -0.261. The Morgan fingerprint density at radius 3 is 2.89 bits per heavy atom. The lowest BCUT2D eigenvalue weighted by Gasteiger charge is -1.99. The van der Waals surface area contributed by atoms with Crippen molar-refractivity contribution in [1.82, 2.24) is 5.43 Å². The van der Waals surface area contributed by atoms with Crippen LogP contribution in [-0.2, 0) is 0 Å². The summed E-state index contributed by atoms with van der Waals surface area (Å²) < 4.78 is 1.35. The zero-order valence-corrected chi connectivity index (χ0v) is 12.6. The number of hydrogen-bond donors (Lipinski definition) is 2. The van der Waals surface area contributed by atoms with Gasteiger partial charge >= 0.3 is 0 Å². The second-order valence-corrected chi connectivity index (χ2v) is 6.14. The van der Waals surface area contributed by atoms with Crippen LogP contribution in [0.2, 0.25) is 4.34 Å². The van der Waals surface area contributed by atoms with Crippen molar-refractivity contribution in [2.24, 2.45) is 5.10 Å². The molecule has 0 unspecified atom stereocenters. The molecule has 0 fully saturated rings. The zero-order valence-electron chi connectivity index (χ0n) is 9.43. The van der Waals surface area contributed by atoms with E-state index in [1.165, 1.54) is 23.6 Å². The van der Waals surface area contributed by atoms with Crippen molar-refractivity contribution in [3.05, 3.63) is 49.6 Å². The second-order valence-electron chi connectivity index (χ2n) is 3.51. The quantitative estimate of drug-likeness (QED) is 0.649. The third-order valence-corrected chi connectivity index (χ3v) is 3.88. The van der Waals surface area contributed by atoms with Gasteiger partial charge in [0.15, 0.2) is 0 Å². The molecule has 1 heterocycles. The van der Waals surface area contributed by atoms with Gasteiger partial charge in [-0.3, -0.25) is 4.79 Å². The van der Waals surface area contributed by atoms with E-state index < -0.39 is 0 Å². The number of halogens is 2. The Balaban J connectivity index is 2.04. The first-order valence-electron chi connectivity index (χ1n) is 5.13. The van der Waals surface area contributed by atoms with Gasteiger partial charge in [0, 0.05) is 10.0 Å². The average Bonchev–Trinajstić information content (AvgIpc) is 2.80. The highest BCUT2D eigenvalue weighted by atomic mass is 79.9. The monoisotopic (exact) mass is 358 g/mol. The molecule has 1 amide bonds. The molecule has 19 heavy (non-hydrogen) atoms. The van der Waals surface area contributed by atoms with Crippen molar-refractivity contribution in [2.45, 2.75) is 0 Å². The van der Waals surface area contributed by atoms with E-state index in [9.17, 15) is 9.90 Å². The van der Waals surface area contributed by atoms with Crippen LogP contribution in [0, 0.1) is 0 Å². The molecule has 1 aromatic carbocycles. The van der Waals surface area contributed by atoms with Crippen molar-refractivity contribution in [3.63, 3.8) is 0 Å². The molecule has 0 saturated carbocycles. The molecule has 0 bridgehead atoms. The second kappa shape index (κ2) is 6.18. The molecule has 0 radical (unpaired) electrons. The number of phenolic OH excluding ortho intramolecular Hbond substituents is 1. The molecule has 0 saturated heterocycles. The molecule has 2 aromatic rings. The molecule has 98 valence electrons. The van der Waals surface area contributed by atoms with Crippen LogP contribution in [0.5, 0.6) is 5.75 Å². The number of carbonyl (C=O) groups excluding carboxylic acids is 1. The van der Waals surface area contributed by atoms with Crippen molar-refractivity contribution < 1.29 is 9.90 Å². The summed E-state index contributed by atoms with van der Waals surface area (Å²) >= 11 is 10.2. The molecule has 4 nitrogen and oxygen atoms in total. The Morgan fingerprint density at radius 1 is 1.42 bits per heavy atom. The molecule has 1 aromatic heterocycles. The van der Waals surface area contributed by atoms with Crippen molar-refractivity contribution in [3.8, 4) is 5.75 Å². The number of hydrazone groups is 1. The van der Waals surface area contributed by atoms with Gasteiger partial charge in [-0.2, -0.15) is 5.10 Å². The van der Waals surface area contributed by atoms with E-state index in [1.54, 1.807) is 24.3 Å². The highest BCUT2D eigenvalue weighted by molar-refractivity contribution is 9.10. The van der Waals surface area contributed by atoms with E-state index in [2.05, 4.69) is 26.5 Å². The molecule has 7 heteroatoms. The Morgan fingerprint density at radius 2 is 2.21 bits per heavy atom. The summed E-state index contributed by atoms with van der Waals surface area (Å²) in [4.78, 5) is 12.1.